The Morgan fingerprint density at radius 2 is 1.94 bits per heavy atom. The molecule has 7 nitrogen and oxygen atoms in total. The fraction of sp³-hybridized carbons (Fsp3) is 0.273. The summed E-state index contributed by atoms with van der Waals surface area (Å²) >= 11 is 0. The van der Waals surface area contributed by atoms with E-state index in [1.165, 1.54) is 0 Å². The summed E-state index contributed by atoms with van der Waals surface area (Å²) in [5, 5.41) is 2.36. The van der Waals surface area contributed by atoms with Gasteiger partial charge in [0.1, 0.15) is 11.8 Å². The van der Waals surface area contributed by atoms with Crippen molar-refractivity contribution in [2.24, 2.45) is 11.6 Å². The van der Waals surface area contributed by atoms with Crippen LogP contribution in [0.4, 0.5) is 4.79 Å². The zero-order chi connectivity index (χ0) is 13.5. The molecule has 0 aliphatic heterocycles. The van der Waals surface area contributed by atoms with Crippen molar-refractivity contribution in [2.75, 3.05) is 7.11 Å². The highest BCUT2D eigenvalue weighted by atomic mass is 16.5. The first-order valence-corrected chi connectivity index (χ1v) is 5.26. The van der Waals surface area contributed by atoms with Crippen molar-refractivity contribution in [3.8, 4) is 5.75 Å². The number of carbonyl (C=O) groups excluding carboxylic acids is 2. The number of nitrogens with two attached hydrogens (primary N) is 2. The molecule has 1 aromatic carbocycles. The lowest BCUT2D eigenvalue weighted by Crippen LogP contribution is -2.51. The minimum atomic E-state index is -0.818. The number of hydrogen-bond donors (Lipinski definition) is 4. The number of carbonyl (C=O) groups is 2. The predicted octanol–water partition coefficient (Wildman–Crippen LogP) is -0.735. The maximum absolute atomic E-state index is 11.2. The van der Waals surface area contributed by atoms with Crippen LogP contribution >= 0.6 is 0 Å². The Hall–Kier alpha value is -2.28. The molecule has 0 aliphatic carbocycles. The number of urea groups is 1. The molecule has 0 aliphatic rings. The molecule has 0 fully saturated rings. The minimum Gasteiger partial charge on any atom is -0.497 e. The van der Waals surface area contributed by atoms with Gasteiger partial charge in [-0.15, -0.1) is 0 Å². The second-order valence-electron chi connectivity index (χ2n) is 3.62. The van der Waals surface area contributed by atoms with Crippen LogP contribution in [0.5, 0.6) is 5.75 Å². The number of hydrazine groups is 1. The molecule has 0 heterocycles. The number of rotatable bonds is 5. The Balaban J connectivity index is 2.70. The van der Waals surface area contributed by atoms with Crippen molar-refractivity contribution in [1.82, 2.24) is 10.7 Å². The van der Waals surface area contributed by atoms with Gasteiger partial charge >= 0.3 is 6.03 Å². The normalized spacial score (nSPS) is 11.4. The van der Waals surface area contributed by atoms with Crippen LogP contribution in [0.15, 0.2) is 24.3 Å². The second kappa shape index (κ2) is 6.45. The van der Waals surface area contributed by atoms with Crippen LogP contribution in [0.1, 0.15) is 5.56 Å². The highest BCUT2D eigenvalue weighted by Crippen LogP contribution is 2.12. The average Bonchev–Trinajstić information content (AvgIpc) is 2.38. The molecule has 7 heteroatoms. The summed E-state index contributed by atoms with van der Waals surface area (Å²) in [6.45, 7) is 0. The van der Waals surface area contributed by atoms with E-state index in [1.54, 1.807) is 31.4 Å². The van der Waals surface area contributed by atoms with Crippen LogP contribution in [0.25, 0.3) is 0 Å². The molecule has 0 radical (unpaired) electrons. The minimum absolute atomic E-state index is 0.284. The maximum Gasteiger partial charge on any atom is 0.329 e. The van der Waals surface area contributed by atoms with Gasteiger partial charge in [-0.3, -0.25) is 10.2 Å². The maximum atomic E-state index is 11.2. The van der Waals surface area contributed by atoms with Gasteiger partial charge in [0.05, 0.1) is 7.11 Å². The van der Waals surface area contributed by atoms with Gasteiger partial charge in [0.2, 0.25) is 5.91 Å². The van der Waals surface area contributed by atoms with Crippen molar-refractivity contribution in [3.63, 3.8) is 0 Å². The van der Waals surface area contributed by atoms with Crippen LogP contribution in [0, 0.1) is 0 Å². The Labute approximate surface area is 104 Å². The highest BCUT2D eigenvalue weighted by molar-refractivity contribution is 5.85. The van der Waals surface area contributed by atoms with E-state index in [1.807, 2.05) is 5.43 Å². The Morgan fingerprint density at radius 1 is 1.33 bits per heavy atom. The summed E-state index contributed by atoms with van der Waals surface area (Å²) in [5.74, 6) is 5.00. The smallest absolute Gasteiger partial charge is 0.329 e. The zero-order valence-corrected chi connectivity index (χ0v) is 9.97. The van der Waals surface area contributed by atoms with Gasteiger partial charge in [0.15, 0.2) is 0 Å². The first-order chi connectivity index (χ1) is 8.56. The molecular formula is C11H16N4O3. The largest absolute Gasteiger partial charge is 0.497 e. The average molecular weight is 252 g/mol. The third kappa shape index (κ3) is 3.95. The number of amides is 3. The lowest BCUT2D eigenvalue weighted by Gasteiger charge is -2.15. The van der Waals surface area contributed by atoms with Crippen molar-refractivity contribution in [2.45, 2.75) is 12.5 Å². The first-order valence-electron chi connectivity index (χ1n) is 5.26. The summed E-state index contributed by atoms with van der Waals surface area (Å²) in [7, 11) is 1.56. The highest BCUT2D eigenvalue weighted by Gasteiger charge is 2.17. The number of nitrogens with one attached hydrogen (secondary N) is 2. The summed E-state index contributed by atoms with van der Waals surface area (Å²) in [6.07, 6.45) is 0.284. The molecular weight excluding hydrogens is 236 g/mol. The van der Waals surface area contributed by atoms with Crippen molar-refractivity contribution < 1.29 is 14.3 Å². The SMILES string of the molecule is COc1ccc(CC(NC(=O)NN)C(N)=O)cc1. The van der Waals surface area contributed by atoms with Crippen molar-refractivity contribution in [1.29, 1.82) is 0 Å². The lowest BCUT2D eigenvalue weighted by molar-refractivity contribution is -0.119. The lowest BCUT2D eigenvalue weighted by atomic mass is 10.1. The van der Waals surface area contributed by atoms with Crippen LogP contribution in [0.2, 0.25) is 0 Å². The molecule has 0 bridgehead atoms. The van der Waals surface area contributed by atoms with Gasteiger partial charge in [-0.1, -0.05) is 12.1 Å². The monoisotopic (exact) mass is 252 g/mol. The van der Waals surface area contributed by atoms with Gasteiger partial charge in [-0.2, -0.15) is 0 Å². The first kappa shape index (κ1) is 13.8. The van der Waals surface area contributed by atoms with Crippen LogP contribution < -0.4 is 27.1 Å². The molecule has 1 aromatic rings. The molecule has 1 atom stereocenters. The molecule has 0 spiro atoms. The molecule has 1 unspecified atom stereocenters. The number of ether oxygens (including phenoxy) is 1. The van der Waals surface area contributed by atoms with E-state index in [4.69, 9.17) is 16.3 Å². The second-order valence-corrected chi connectivity index (χ2v) is 3.62. The van der Waals surface area contributed by atoms with E-state index >= 15 is 0 Å². The van der Waals surface area contributed by atoms with Crippen molar-refractivity contribution in [3.05, 3.63) is 29.8 Å². The van der Waals surface area contributed by atoms with E-state index in [0.717, 1.165) is 5.56 Å². The predicted molar refractivity (Wildman–Crippen MR) is 65.5 cm³/mol. The fourth-order valence-electron chi connectivity index (χ4n) is 1.42. The molecule has 0 saturated carbocycles. The van der Waals surface area contributed by atoms with E-state index in [9.17, 15) is 9.59 Å². The number of benzene rings is 1. The number of methoxy groups -OCH3 is 1. The standard InChI is InChI=1S/C11H16N4O3/c1-18-8-4-2-7(3-5-8)6-9(10(12)16)14-11(17)15-13/h2-5,9H,6,13H2,1H3,(H2,12,16)(H2,14,15,17). The summed E-state index contributed by atoms with van der Waals surface area (Å²) in [4.78, 5) is 22.2. The quantitative estimate of drug-likeness (QED) is 0.313. The van der Waals surface area contributed by atoms with Crippen LogP contribution in [0.3, 0.4) is 0 Å². The van der Waals surface area contributed by atoms with E-state index in [0.29, 0.717) is 5.75 Å². The number of primary amides is 1. The molecule has 98 valence electrons. The summed E-state index contributed by atoms with van der Waals surface area (Å²) < 4.78 is 5.02. The van der Waals surface area contributed by atoms with Crippen LogP contribution in [-0.2, 0) is 11.2 Å². The van der Waals surface area contributed by atoms with E-state index in [-0.39, 0.29) is 6.42 Å². The van der Waals surface area contributed by atoms with E-state index < -0.39 is 18.0 Å². The molecule has 3 amide bonds. The molecule has 18 heavy (non-hydrogen) atoms. The third-order valence-electron chi connectivity index (χ3n) is 2.38. The third-order valence-corrected chi connectivity index (χ3v) is 2.38. The van der Waals surface area contributed by atoms with Crippen LogP contribution in [-0.4, -0.2) is 25.1 Å². The Bertz CT molecular complexity index is 419. The fourth-order valence-corrected chi connectivity index (χ4v) is 1.42. The number of hydrogen-bond acceptors (Lipinski definition) is 4. The van der Waals surface area contributed by atoms with Gasteiger partial charge in [0.25, 0.3) is 0 Å². The van der Waals surface area contributed by atoms with Crippen molar-refractivity contribution >= 4 is 11.9 Å². The van der Waals surface area contributed by atoms with Gasteiger partial charge in [-0.05, 0) is 17.7 Å². The van der Waals surface area contributed by atoms with E-state index in [2.05, 4.69) is 5.32 Å². The molecule has 0 aromatic heterocycles. The Morgan fingerprint density at radius 3 is 2.39 bits per heavy atom. The topological polar surface area (TPSA) is 119 Å². The summed E-state index contributed by atoms with van der Waals surface area (Å²) in [5.41, 5.74) is 7.92. The molecule has 0 saturated heterocycles. The summed E-state index contributed by atoms with van der Waals surface area (Å²) in [6, 6.07) is 5.62. The Kier molecular flexibility index (Phi) is 4.94. The van der Waals surface area contributed by atoms with Gasteiger partial charge < -0.3 is 15.8 Å². The molecule has 1 rings (SSSR count). The van der Waals surface area contributed by atoms with Gasteiger partial charge in [-0.25, -0.2) is 10.6 Å². The zero-order valence-electron chi connectivity index (χ0n) is 9.97. The van der Waals surface area contributed by atoms with Gasteiger partial charge in [0, 0.05) is 6.42 Å². The molecule has 6 N–H and O–H groups in total.